The molecular formula is C25H27Br. The molecule has 0 nitrogen and oxygen atoms in total. The van der Waals surface area contributed by atoms with Crippen molar-refractivity contribution in [1.82, 2.24) is 0 Å². The molecule has 2 aromatic rings. The van der Waals surface area contributed by atoms with Gasteiger partial charge in [-0.15, -0.1) is 0 Å². The van der Waals surface area contributed by atoms with Crippen LogP contribution in [0.2, 0.25) is 0 Å². The highest BCUT2D eigenvalue weighted by Crippen LogP contribution is 2.62. The van der Waals surface area contributed by atoms with Crippen molar-refractivity contribution in [3.05, 3.63) is 57.6 Å². The average Bonchev–Trinajstić information content (AvgIpc) is 2.81. The fourth-order valence-corrected chi connectivity index (χ4v) is 8.33. The van der Waals surface area contributed by atoms with Crippen LogP contribution in [0.15, 0.2) is 40.9 Å². The summed E-state index contributed by atoms with van der Waals surface area (Å²) >= 11 is 4.04. The summed E-state index contributed by atoms with van der Waals surface area (Å²) in [6.07, 6.45) is 8.83. The Bertz CT molecular complexity index is 884. The highest BCUT2D eigenvalue weighted by atomic mass is 79.9. The minimum absolute atomic E-state index is 0.106. The second kappa shape index (κ2) is 5.04. The molecule has 4 fully saturated rings. The van der Waals surface area contributed by atoms with Gasteiger partial charge in [0.15, 0.2) is 0 Å². The maximum atomic E-state index is 4.04. The number of rotatable bonds is 1. The summed E-state index contributed by atoms with van der Waals surface area (Å²) < 4.78 is 1.37. The van der Waals surface area contributed by atoms with Gasteiger partial charge in [0.2, 0.25) is 0 Å². The van der Waals surface area contributed by atoms with Gasteiger partial charge in [-0.3, -0.25) is 0 Å². The number of hydrogen-bond acceptors (Lipinski definition) is 0. The normalized spacial score (nSPS) is 35.4. The molecule has 26 heavy (non-hydrogen) atoms. The zero-order valence-corrected chi connectivity index (χ0v) is 17.4. The quantitative estimate of drug-likeness (QED) is 0.468. The third-order valence-corrected chi connectivity index (χ3v) is 8.94. The van der Waals surface area contributed by atoms with E-state index in [1.807, 2.05) is 0 Å². The minimum Gasteiger partial charge on any atom is -0.0619 e. The Morgan fingerprint density at radius 1 is 0.769 bits per heavy atom. The van der Waals surface area contributed by atoms with E-state index in [2.05, 4.69) is 66.2 Å². The van der Waals surface area contributed by atoms with Gasteiger partial charge in [0.25, 0.3) is 0 Å². The van der Waals surface area contributed by atoms with Gasteiger partial charge in [-0.1, -0.05) is 54.0 Å². The molecule has 134 valence electrons. The summed E-state index contributed by atoms with van der Waals surface area (Å²) in [7, 11) is 0. The number of fused-ring (bicyclic) bond motifs is 3. The maximum absolute atomic E-state index is 4.04. The van der Waals surface area contributed by atoms with Crippen LogP contribution in [0.25, 0.3) is 11.1 Å². The van der Waals surface area contributed by atoms with Crippen LogP contribution in [0.1, 0.15) is 69.1 Å². The Balaban J connectivity index is 1.55. The van der Waals surface area contributed by atoms with E-state index in [1.165, 1.54) is 65.3 Å². The first-order valence-corrected chi connectivity index (χ1v) is 11.2. The molecule has 0 N–H and O–H groups in total. The smallest absolute Gasteiger partial charge is 0.0216 e. The van der Waals surface area contributed by atoms with Crippen molar-refractivity contribution in [2.24, 2.45) is 17.8 Å². The predicted octanol–water partition coefficient (Wildman–Crippen LogP) is 7.22. The van der Waals surface area contributed by atoms with Crippen molar-refractivity contribution in [3.8, 4) is 11.1 Å². The molecule has 0 amide bonds. The summed E-state index contributed by atoms with van der Waals surface area (Å²) in [6, 6.07) is 14.1. The molecule has 0 spiro atoms. The maximum Gasteiger partial charge on any atom is 0.0216 e. The third-order valence-electron chi connectivity index (χ3n) is 8.28. The molecule has 4 saturated carbocycles. The summed E-state index contributed by atoms with van der Waals surface area (Å²) in [6.45, 7) is 4.77. The van der Waals surface area contributed by atoms with Crippen molar-refractivity contribution in [1.29, 1.82) is 0 Å². The number of benzene rings is 2. The first kappa shape index (κ1) is 15.9. The van der Waals surface area contributed by atoms with Gasteiger partial charge in [0.1, 0.15) is 0 Å². The monoisotopic (exact) mass is 406 g/mol. The molecular weight excluding hydrogens is 380 g/mol. The molecule has 0 unspecified atom stereocenters. The lowest BCUT2D eigenvalue weighted by atomic mass is 9.48. The summed E-state index contributed by atoms with van der Waals surface area (Å²) in [5.74, 6) is 2.97. The van der Waals surface area contributed by atoms with Gasteiger partial charge < -0.3 is 0 Å². The molecule has 5 aliphatic rings. The fourth-order valence-electron chi connectivity index (χ4n) is 7.57. The van der Waals surface area contributed by atoms with Crippen molar-refractivity contribution in [3.63, 3.8) is 0 Å². The predicted molar refractivity (Wildman–Crippen MR) is 112 cm³/mol. The topological polar surface area (TPSA) is 0 Å². The molecule has 5 aliphatic carbocycles. The van der Waals surface area contributed by atoms with E-state index in [9.17, 15) is 0 Å². The Morgan fingerprint density at radius 3 is 2.04 bits per heavy atom. The Morgan fingerprint density at radius 2 is 1.38 bits per heavy atom. The fraction of sp³-hybridized carbons (Fsp3) is 0.520. The lowest BCUT2D eigenvalue weighted by molar-refractivity contribution is -0.00550. The van der Waals surface area contributed by atoms with Crippen LogP contribution in [-0.2, 0) is 10.8 Å². The van der Waals surface area contributed by atoms with E-state index in [4.69, 9.17) is 0 Å². The lowest BCUT2D eigenvalue weighted by Crippen LogP contribution is -2.48. The Labute approximate surface area is 165 Å². The lowest BCUT2D eigenvalue weighted by Gasteiger charge is -2.57. The molecule has 0 heterocycles. The summed E-state index contributed by atoms with van der Waals surface area (Å²) in [5, 5.41) is 0. The molecule has 0 radical (unpaired) electrons. The van der Waals surface area contributed by atoms with E-state index >= 15 is 0 Å². The van der Waals surface area contributed by atoms with E-state index in [-0.39, 0.29) is 5.41 Å². The molecule has 4 bridgehead atoms. The summed E-state index contributed by atoms with van der Waals surface area (Å²) in [4.78, 5) is 0. The van der Waals surface area contributed by atoms with Crippen LogP contribution < -0.4 is 0 Å². The zero-order chi connectivity index (χ0) is 17.7. The van der Waals surface area contributed by atoms with Gasteiger partial charge in [-0.25, -0.2) is 0 Å². The van der Waals surface area contributed by atoms with E-state index in [0.29, 0.717) is 5.41 Å². The van der Waals surface area contributed by atoms with E-state index in [0.717, 1.165) is 17.8 Å². The minimum atomic E-state index is 0.106. The molecule has 1 heteroatoms. The zero-order valence-electron chi connectivity index (χ0n) is 15.8. The van der Waals surface area contributed by atoms with E-state index < -0.39 is 0 Å². The van der Waals surface area contributed by atoms with Gasteiger partial charge in [0, 0.05) is 9.89 Å². The second-order valence-electron chi connectivity index (χ2n) is 10.2. The first-order chi connectivity index (χ1) is 12.5. The number of hydrogen-bond donors (Lipinski definition) is 0. The Hall–Kier alpha value is -1.08. The summed E-state index contributed by atoms with van der Waals surface area (Å²) in [5.41, 5.74) is 8.13. The van der Waals surface area contributed by atoms with Crippen LogP contribution in [0, 0.1) is 17.8 Å². The number of halogens is 1. The standard InChI is InChI=1S/C25H27Br/c1-24(2)20-6-4-3-5-18(20)19-10-22(23(26)11-21(19)24)25-12-15-7-16(13-25)9-17(8-15)14-25/h3-6,10-11,15-17H,7-9,12-14H2,1-2H3. The van der Waals surface area contributed by atoms with Crippen LogP contribution in [0.5, 0.6) is 0 Å². The van der Waals surface area contributed by atoms with Crippen LogP contribution in [0.4, 0.5) is 0 Å². The van der Waals surface area contributed by atoms with E-state index in [1.54, 1.807) is 5.56 Å². The molecule has 0 aliphatic heterocycles. The molecule has 0 aromatic heterocycles. The molecule has 2 aromatic carbocycles. The molecule has 0 saturated heterocycles. The van der Waals surface area contributed by atoms with Gasteiger partial charge in [0.05, 0.1) is 0 Å². The third kappa shape index (κ3) is 1.96. The van der Waals surface area contributed by atoms with Gasteiger partial charge in [-0.2, -0.15) is 0 Å². The highest BCUT2D eigenvalue weighted by molar-refractivity contribution is 9.10. The van der Waals surface area contributed by atoms with Crippen LogP contribution >= 0.6 is 15.9 Å². The van der Waals surface area contributed by atoms with Crippen LogP contribution in [-0.4, -0.2) is 0 Å². The van der Waals surface area contributed by atoms with Crippen molar-refractivity contribution in [2.75, 3.05) is 0 Å². The average molecular weight is 407 g/mol. The van der Waals surface area contributed by atoms with Crippen molar-refractivity contribution in [2.45, 2.75) is 63.2 Å². The van der Waals surface area contributed by atoms with Crippen molar-refractivity contribution >= 4 is 15.9 Å². The second-order valence-corrected chi connectivity index (χ2v) is 11.1. The largest absolute Gasteiger partial charge is 0.0619 e. The molecule has 7 rings (SSSR count). The van der Waals surface area contributed by atoms with Gasteiger partial charge >= 0.3 is 0 Å². The Kier molecular flexibility index (Phi) is 3.09. The van der Waals surface area contributed by atoms with Crippen LogP contribution in [0.3, 0.4) is 0 Å². The van der Waals surface area contributed by atoms with Crippen molar-refractivity contribution < 1.29 is 0 Å². The van der Waals surface area contributed by atoms with Gasteiger partial charge in [-0.05, 0) is 102 Å². The molecule has 0 atom stereocenters. The first-order valence-electron chi connectivity index (χ1n) is 10.4. The SMILES string of the molecule is CC1(C)c2ccccc2-c2cc(C34CC5CC(CC(C5)C3)C4)c(Br)cc21. The highest BCUT2D eigenvalue weighted by Gasteiger charge is 2.52.